The Hall–Kier alpha value is -2.02. The highest BCUT2D eigenvalue weighted by atomic mass is 19.4. The van der Waals surface area contributed by atoms with Crippen molar-refractivity contribution in [3.8, 4) is 5.75 Å². The highest BCUT2D eigenvalue weighted by molar-refractivity contribution is 5.46. The lowest BCUT2D eigenvalue weighted by Gasteiger charge is -2.39. The van der Waals surface area contributed by atoms with E-state index in [1.165, 1.54) is 5.32 Å². The lowest BCUT2D eigenvalue weighted by atomic mass is 9.94. The van der Waals surface area contributed by atoms with Crippen LogP contribution in [-0.4, -0.2) is 47.7 Å². The normalized spacial score (nSPS) is 14.6. The molecule has 0 radical (unpaired) electrons. The second-order valence-corrected chi connectivity index (χ2v) is 5.25. The molecule has 0 atom stereocenters. The summed E-state index contributed by atoms with van der Waals surface area (Å²) in [6.45, 7) is -2.45. The highest BCUT2D eigenvalue weighted by Crippen LogP contribution is 2.58. The fraction of sp³-hybridized carbons (Fsp3) is 0.538. The Morgan fingerprint density at radius 2 is 1.19 bits per heavy atom. The zero-order valence-electron chi connectivity index (χ0n) is 12.6. The van der Waals surface area contributed by atoms with E-state index in [9.17, 15) is 52.7 Å². The van der Waals surface area contributed by atoms with Gasteiger partial charge < -0.3 is 10.4 Å². The van der Waals surface area contributed by atoms with Gasteiger partial charge >= 0.3 is 36.0 Å². The quantitative estimate of drug-likeness (QED) is 0.443. The number of phenols is 1. The first-order valence-electron chi connectivity index (χ1n) is 6.62. The largest absolute Gasteiger partial charge is 0.508 e. The Morgan fingerprint density at radius 1 is 0.741 bits per heavy atom. The van der Waals surface area contributed by atoms with Crippen LogP contribution in [0.4, 0.5) is 58.4 Å². The summed E-state index contributed by atoms with van der Waals surface area (Å²) in [7, 11) is 0. The number of nitrogens with one attached hydrogen (secondary N) is 1. The minimum atomic E-state index is -7.54. The fourth-order valence-electron chi connectivity index (χ4n) is 1.68. The lowest BCUT2D eigenvalue weighted by molar-refractivity contribution is -0.410. The van der Waals surface area contributed by atoms with E-state index in [0.717, 1.165) is 24.3 Å². The topological polar surface area (TPSA) is 32.3 Å². The minimum Gasteiger partial charge on any atom is -0.508 e. The summed E-state index contributed by atoms with van der Waals surface area (Å²) in [5.41, 5.74) is -0.462. The maximum absolute atomic E-state index is 13.5. The molecule has 0 aliphatic carbocycles. The van der Waals surface area contributed by atoms with Crippen LogP contribution in [0.25, 0.3) is 0 Å². The summed E-state index contributed by atoms with van der Waals surface area (Å²) in [6, 6.07) is 3.32. The fourth-order valence-corrected chi connectivity index (χ4v) is 1.68. The molecule has 27 heavy (non-hydrogen) atoms. The first-order chi connectivity index (χ1) is 11.9. The molecule has 0 unspecified atom stereocenters. The summed E-state index contributed by atoms with van der Waals surface area (Å²) < 4.78 is 155. The van der Waals surface area contributed by atoms with Crippen LogP contribution in [0.3, 0.4) is 0 Å². The van der Waals surface area contributed by atoms with Gasteiger partial charge in [0.05, 0.1) is 6.54 Å². The maximum Gasteiger partial charge on any atom is 0.384 e. The number of phenolic OH excluding ortho intramolecular Hbond substituents is 1. The predicted octanol–water partition coefficient (Wildman–Crippen LogP) is 5.25. The van der Waals surface area contributed by atoms with Gasteiger partial charge in [0.15, 0.2) is 0 Å². The van der Waals surface area contributed by atoms with Crippen LogP contribution in [0.2, 0.25) is 0 Å². The molecule has 156 valence electrons. The smallest absolute Gasteiger partial charge is 0.384 e. The molecule has 2 N–H and O–H groups in total. The molecule has 0 fully saturated rings. The Bertz CT molecular complexity index is 643. The van der Waals surface area contributed by atoms with Gasteiger partial charge in [0, 0.05) is 5.69 Å². The summed E-state index contributed by atoms with van der Waals surface area (Å²) >= 11 is 0. The summed E-state index contributed by atoms with van der Waals surface area (Å²) in [4.78, 5) is 0. The Balaban J connectivity index is 3.17. The highest BCUT2D eigenvalue weighted by Gasteiger charge is 2.87. The molecule has 0 amide bonds. The van der Waals surface area contributed by atoms with Crippen LogP contribution in [0, 0.1) is 0 Å². The molecule has 0 saturated carbocycles. The minimum absolute atomic E-state index is 0.405. The van der Waals surface area contributed by atoms with Crippen LogP contribution in [-0.2, 0) is 0 Å². The van der Waals surface area contributed by atoms with E-state index in [2.05, 4.69) is 0 Å². The number of halogens is 12. The summed E-state index contributed by atoms with van der Waals surface area (Å²) in [5, 5.41) is 10.4. The van der Waals surface area contributed by atoms with E-state index in [1.807, 2.05) is 0 Å². The van der Waals surface area contributed by atoms with Gasteiger partial charge in [-0.05, 0) is 24.3 Å². The molecule has 0 aliphatic rings. The Morgan fingerprint density at radius 3 is 1.59 bits per heavy atom. The van der Waals surface area contributed by atoms with E-state index in [-0.39, 0.29) is 0 Å². The first kappa shape index (κ1) is 23.0. The Kier molecular flexibility index (Phi) is 5.84. The number of alkyl halides is 12. The van der Waals surface area contributed by atoms with Crippen molar-refractivity contribution in [3.63, 3.8) is 0 Å². The number of hydrogen-bond acceptors (Lipinski definition) is 2. The van der Waals surface area contributed by atoms with E-state index < -0.39 is 54.0 Å². The lowest BCUT2D eigenvalue weighted by Crippen LogP contribution is -2.69. The molecule has 1 aromatic rings. The zero-order valence-corrected chi connectivity index (χ0v) is 12.6. The second kappa shape index (κ2) is 6.86. The van der Waals surface area contributed by atoms with E-state index in [1.54, 1.807) is 0 Å². The molecule has 0 heterocycles. The number of anilines is 1. The van der Waals surface area contributed by atoms with Crippen molar-refractivity contribution < 1.29 is 57.8 Å². The van der Waals surface area contributed by atoms with Crippen molar-refractivity contribution in [2.45, 2.75) is 36.0 Å². The molecule has 0 aromatic heterocycles. The van der Waals surface area contributed by atoms with Gasteiger partial charge in [0.25, 0.3) is 0 Å². The van der Waals surface area contributed by atoms with Crippen LogP contribution < -0.4 is 5.32 Å². The third kappa shape index (κ3) is 3.70. The van der Waals surface area contributed by atoms with Crippen molar-refractivity contribution in [3.05, 3.63) is 24.3 Å². The molecule has 1 aromatic carbocycles. The summed E-state index contributed by atoms with van der Waals surface area (Å²) in [6.07, 6.45) is -5.53. The zero-order chi connectivity index (χ0) is 21.5. The molecule has 0 saturated heterocycles. The number of rotatable bonds is 8. The van der Waals surface area contributed by atoms with E-state index in [4.69, 9.17) is 5.11 Å². The molecule has 2 nitrogen and oxygen atoms in total. The van der Waals surface area contributed by atoms with Gasteiger partial charge in [-0.15, -0.1) is 0 Å². The van der Waals surface area contributed by atoms with E-state index in [0.29, 0.717) is 0 Å². The van der Waals surface area contributed by atoms with Gasteiger partial charge in [-0.2, -0.15) is 43.9 Å². The van der Waals surface area contributed by atoms with Crippen molar-refractivity contribution >= 4 is 5.69 Å². The van der Waals surface area contributed by atoms with Crippen molar-refractivity contribution in [2.24, 2.45) is 0 Å². The van der Waals surface area contributed by atoms with Crippen molar-refractivity contribution in [1.82, 2.24) is 0 Å². The molecule has 14 heteroatoms. The standard InChI is InChI=1S/C13H9F12NO/c14-8(15)10(18,19)12(22,23)13(24,25)11(20,21)9(16,17)5-26-6-1-3-7(27)4-2-6/h1-4,8,26-27H,5H2. The molecule has 0 bridgehead atoms. The summed E-state index contributed by atoms with van der Waals surface area (Å²) in [5.74, 6) is -35.7. The van der Waals surface area contributed by atoms with Crippen LogP contribution >= 0.6 is 0 Å². The van der Waals surface area contributed by atoms with Gasteiger partial charge in [0.2, 0.25) is 0 Å². The molecular weight excluding hydrogens is 414 g/mol. The van der Waals surface area contributed by atoms with Crippen LogP contribution in [0.15, 0.2) is 24.3 Å². The van der Waals surface area contributed by atoms with E-state index >= 15 is 0 Å². The number of benzene rings is 1. The predicted molar refractivity (Wildman–Crippen MR) is 67.3 cm³/mol. The monoisotopic (exact) mass is 423 g/mol. The maximum atomic E-state index is 13.5. The van der Waals surface area contributed by atoms with Gasteiger partial charge in [-0.25, -0.2) is 8.78 Å². The molecular formula is C13H9F12NO. The van der Waals surface area contributed by atoms with Crippen molar-refractivity contribution in [2.75, 3.05) is 11.9 Å². The molecule has 0 spiro atoms. The third-order valence-electron chi connectivity index (χ3n) is 3.32. The van der Waals surface area contributed by atoms with Gasteiger partial charge in [-0.1, -0.05) is 0 Å². The number of aromatic hydroxyl groups is 1. The Labute approximate surface area is 142 Å². The SMILES string of the molecule is Oc1ccc(NCC(F)(F)C(F)(F)C(F)(F)C(F)(F)C(F)(F)C(F)F)cc1. The van der Waals surface area contributed by atoms with Gasteiger partial charge in [0.1, 0.15) is 5.75 Å². The van der Waals surface area contributed by atoms with Crippen molar-refractivity contribution in [1.29, 1.82) is 0 Å². The average Bonchev–Trinajstić information content (AvgIpc) is 2.53. The molecule has 0 aliphatic heterocycles. The van der Waals surface area contributed by atoms with Crippen LogP contribution in [0.1, 0.15) is 0 Å². The second-order valence-electron chi connectivity index (χ2n) is 5.25. The average molecular weight is 423 g/mol. The molecule has 1 rings (SSSR count). The van der Waals surface area contributed by atoms with Gasteiger partial charge in [-0.3, -0.25) is 0 Å². The first-order valence-corrected chi connectivity index (χ1v) is 6.62. The third-order valence-corrected chi connectivity index (χ3v) is 3.32. The van der Waals surface area contributed by atoms with Crippen LogP contribution in [0.5, 0.6) is 5.75 Å². The number of hydrogen-bond donors (Lipinski definition) is 2.